The third kappa shape index (κ3) is 4.52. The van der Waals surface area contributed by atoms with E-state index in [1.165, 1.54) is 6.20 Å². The second kappa shape index (κ2) is 9.00. The summed E-state index contributed by atoms with van der Waals surface area (Å²) in [6.45, 7) is 5.41. The lowest BCUT2D eigenvalue weighted by Crippen LogP contribution is -2.42. The number of nitrogens with zero attached hydrogens (tertiary/aromatic N) is 4. The Hall–Kier alpha value is -2.00. The van der Waals surface area contributed by atoms with Crippen molar-refractivity contribution in [2.45, 2.75) is 31.8 Å². The number of carbonyl (C=O) groups is 1. The minimum Gasteiger partial charge on any atom is -0.378 e. The van der Waals surface area contributed by atoms with Crippen LogP contribution in [0, 0.1) is 11.7 Å². The van der Waals surface area contributed by atoms with Gasteiger partial charge in [0.2, 0.25) is 11.9 Å². The van der Waals surface area contributed by atoms with Crippen molar-refractivity contribution in [1.29, 1.82) is 0 Å². The van der Waals surface area contributed by atoms with E-state index in [1.54, 1.807) is 0 Å². The third-order valence-electron chi connectivity index (χ3n) is 5.71. The van der Waals surface area contributed by atoms with Crippen LogP contribution in [0.1, 0.15) is 25.7 Å². The fraction of sp³-hybridized carbons (Fsp3) is 0.737. The van der Waals surface area contributed by atoms with E-state index in [-0.39, 0.29) is 12.0 Å². The molecule has 1 aromatic heterocycles. The molecule has 28 heavy (non-hydrogen) atoms. The molecule has 1 N–H and O–H groups in total. The first-order valence-corrected chi connectivity index (χ1v) is 10.2. The van der Waals surface area contributed by atoms with Gasteiger partial charge in [0.15, 0.2) is 11.6 Å². The summed E-state index contributed by atoms with van der Waals surface area (Å²) in [5, 5.41) is 3.03. The molecule has 9 heteroatoms. The van der Waals surface area contributed by atoms with Gasteiger partial charge in [-0.2, -0.15) is 4.98 Å². The molecular formula is C19H28FN5O3. The normalized spacial score (nSPS) is 23.8. The first-order valence-electron chi connectivity index (χ1n) is 10.2. The number of anilines is 2. The van der Waals surface area contributed by atoms with E-state index in [1.807, 2.05) is 4.90 Å². The maximum Gasteiger partial charge on any atom is 0.249 e. The highest BCUT2D eigenvalue weighted by atomic mass is 19.1. The average molecular weight is 393 g/mol. The molecule has 4 rings (SSSR count). The van der Waals surface area contributed by atoms with Crippen molar-refractivity contribution < 1.29 is 18.7 Å². The van der Waals surface area contributed by atoms with Gasteiger partial charge in [-0.1, -0.05) is 0 Å². The zero-order valence-electron chi connectivity index (χ0n) is 16.1. The highest BCUT2D eigenvalue weighted by Gasteiger charge is 2.26. The van der Waals surface area contributed by atoms with Crippen molar-refractivity contribution in [2.24, 2.45) is 5.92 Å². The molecule has 8 nitrogen and oxygen atoms in total. The minimum absolute atomic E-state index is 0.0111. The Morgan fingerprint density at radius 1 is 1.14 bits per heavy atom. The van der Waals surface area contributed by atoms with E-state index in [9.17, 15) is 9.18 Å². The molecule has 1 amide bonds. The van der Waals surface area contributed by atoms with Crippen LogP contribution in [0.15, 0.2) is 6.20 Å². The Kier molecular flexibility index (Phi) is 6.21. The van der Waals surface area contributed by atoms with Crippen LogP contribution in [0.5, 0.6) is 0 Å². The molecule has 0 radical (unpaired) electrons. The summed E-state index contributed by atoms with van der Waals surface area (Å²) in [6, 6.07) is 0. The summed E-state index contributed by atoms with van der Waals surface area (Å²) >= 11 is 0. The number of hydrogen-bond acceptors (Lipinski definition) is 7. The average Bonchev–Trinajstić information content (AvgIpc) is 3.28. The number of ether oxygens (including phenoxy) is 2. The molecule has 3 aliphatic heterocycles. The van der Waals surface area contributed by atoms with Crippen LogP contribution in [0.3, 0.4) is 0 Å². The van der Waals surface area contributed by atoms with Gasteiger partial charge in [-0.3, -0.25) is 4.79 Å². The molecule has 3 fully saturated rings. The smallest absolute Gasteiger partial charge is 0.249 e. The quantitative estimate of drug-likeness (QED) is 0.798. The first-order chi connectivity index (χ1) is 13.7. The second-order valence-electron chi connectivity index (χ2n) is 7.62. The molecule has 1 aromatic rings. The van der Waals surface area contributed by atoms with Gasteiger partial charge >= 0.3 is 0 Å². The van der Waals surface area contributed by atoms with E-state index < -0.39 is 5.82 Å². The number of halogens is 1. The predicted octanol–water partition coefficient (Wildman–Crippen LogP) is 0.964. The Morgan fingerprint density at radius 3 is 2.64 bits per heavy atom. The molecular weight excluding hydrogens is 365 g/mol. The first kappa shape index (κ1) is 19.3. The van der Waals surface area contributed by atoms with Gasteiger partial charge in [0, 0.05) is 39.3 Å². The topological polar surface area (TPSA) is 79.8 Å². The summed E-state index contributed by atoms with van der Waals surface area (Å²) in [4.78, 5) is 24.8. The van der Waals surface area contributed by atoms with Crippen molar-refractivity contribution in [3.63, 3.8) is 0 Å². The fourth-order valence-corrected chi connectivity index (χ4v) is 3.98. The van der Waals surface area contributed by atoms with Gasteiger partial charge in [0.05, 0.1) is 19.4 Å². The van der Waals surface area contributed by atoms with E-state index in [4.69, 9.17) is 9.47 Å². The number of piperidine rings is 1. The molecule has 0 unspecified atom stereocenters. The Balaban J connectivity index is 1.29. The van der Waals surface area contributed by atoms with Gasteiger partial charge in [0.25, 0.3) is 0 Å². The monoisotopic (exact) mass is 393 g/mol. The van der Waals surface area contributed by atoms with Crippen molar-refractivity contribution in [1.82, 2.24) is 15.3 Å². The highest BCUT2D eigenvalue weighted by Crippen LogP contribution is 2.24. The molecule has 4 heterocycles. The molecule has 0 saturated carbocycles. The molecule has 0 aromatic carbocycles. The standard InChI is InChI=1S/C19H28FN5O3/c20-15-13-22-19(23-17(15)24-7-10-27-11-8-24)25-5-3-14(4-6-25)12-21-18(26)16-2-1-9-28-16/h13-14,16H,1-12H2,(H,21,26)/t16-/m1/s1. The number of hydrogen-bond donors (Lipinski definition) is 1. The summed E-state index contributed by atoms with van der Waals surface area (Å²) < 4.78 is 25.0. The molecule has 3 aliphatic rings. The Labute approximate surface area is 164 Å². The molecule has 0 aliphatic carbocycles. The van der Waals surface area contributed by atoms with Crippen LogP contribution >= 0.6 is 0 Å². The number of nitrogens with one attached hydrogen (secondary N) is 1. The minimum atomic E-state index is -0.391. The van der Waals surface area contributed by atoms with Crippen molar-refractivity contribution in [3.05, 3.63) is 12.0 Å². The van der Waals surface area contributed by atoms with Crippen LogP contribution in [-0.2, 0) is 14.3 Å². The Bertz CT molecular complexity index is 672. The number of rotatable bonds is 5. The van der Waals surface area contributed by atoms with E-state index in [0.29, 0.717) is 57.1 Å². The summed E-state index contributed by atoms with van der Waals surface area (Å²) in [7, 11) is 0. The Morgan fingerprint density at radius 2 is 1.93 bits per heavy atom. The van der Waals surface area contributed by atoms with Crippen LogP contribution in [-0.4, -0.2) is 74.5 Å². The summed E-state index contributed by atoms with van der Waals surface area (Å²) in [6.07, 6.45) is 4.66. The lowest BCUT2D eigenvalue weighted by Gasteiger charge is -2.33. The van der Waals surface area contributed by atoms with Gasteiger partial charge in [-0.15, -0.1) is 0 Å². The zero-order valence-corrected chi connectivity index (χ0v) is 16.1. The van der Waals surface area contributed by atoms with Crippen molar-refractivity contribution in [3.8, 4) is 0 Å². The van der Waals surface area contributed by atoms with E-state index in [2.05, 4.69) is 20.2 Å². The number of morpholine rings is 1. The fourth-order valence-electron chi connectivity index (χ4n) is 3.98. The number of carbonyl (C=O) groups excluding carboxylic acids is 1. The number of amides is 1. The van der Waals surface area contributed by atoms with Crippen LogP contribution in [0.2, 0.25) is 0 Å². The SMILES string of the molecule is O=C(NCC1CCN(c2ncc(F)c(N3CCOCC3)n2)CC1)[C@H]1CCCO1. The van der Waals surface area contributed by atoms with Crippen LogP contribution in [0.25, 0.3) is 0 Å². The molecule has 0 spiro atoms. The van der Waals surface area contributed by atoms with Gasteiger partial charge in [-0.05, 0) is 31.6 Å². The van der Waals surface area contributed by atoms with Crippen molar-refractivity contribution >= 4 is 17.7 Å². The van der Waals surface area contributed by atoms with Crippen molar-refractivity contribution in [2.75, 3.05) is 62.3 Å². The maximum absolute atomic E-state index is 14.2. The summed E-state index contributed by atoms with van der Waals surface area (Å²) in [5.41, 5.74) is 0. The lowest BCUT2D eigenvalue weighted by molar-refractivity contribution is -0.130. The molecule has 1 atom stereocenters. The molecule has 154 valence electrons. The molecule has 0 bridgehead atoms. The predicted molar refractivity (Wildman–Crippen MR) is 102 cm³/mol. The summed E-state index contributed by atoms with van der Waals surface area (Å²) in [5.74, 6) is 0.985. The third-order valence-corrected chi connectivity index (χ3v) is 5.71. The van der Waals surface area contributed by atoms with Gasteiger partial charge in [0.1, 0.15) is 6.10 Å². The van der Waals surface area contributed by atoms with Gasteiger partial charge in [-0.25, -0.2) is 9.37 Å². The maximum atomic E-state index is 14.2. The zero-order chi connectivity index (χ0) is 19.3. The lowest BCUT2D eigenvalue weighted by atomic mass is 9.97. The van der Waals surface area contributed by atoms with Crippen LogP contribution in [0.4, 0.5) is 16.2 Å². The number of aromatic nitrogens is 2. The largest absolute Gasteiger partial charge is 0.378 e. The second-order valence-corrected chi connectivity index (χ2v) is 7.62. The molecule has 3 saturated heterocycles. The van der Waals surface area contributed by atoms with E-state index >= 15 is 0 Å². The van der Waals surface area contributed by atoms with E-state index in [0.717, 1.165) is 38.8 Å². The van der Waals surface area contributed by atoms with Gasteiger partial charge < -0.3 is 24.6 Å². The van der Waals surface area contributed by atoms with Crippen LogP contribution < -0.4 is 15.1 Å². The highest BCUT2D eigenvalue weighted by molar-refractivity contribution is 5.80.